The Bertz CT molecular complexity index is 246. The molecule has 0 amide bonds. The second-order valence-corrected chi connectivity index (χ2v) is 3.71. The Morgan fingerprint density at radius 3 is 2.43 bits per heavy atom. The van der Waals surface area contributed by atoms with Crippen LogP contribution in [0.15, 0.2) is 30.3 Å². The molecule has 0 radical (unpaired) electrons. The van der Waals surface area contributed by atoms with Gasteiger partial charge in [-0.2, -0.15) is 0 Å². The van der Waals surface area contributed by atoms with Crippen LogP contribution in [0.1, 0.15) is 31.2 Å². The minimum atomic E-state index is -0.393. The normalized spacial score (nSPS) is 15.1. The quantitative estimate of drug-likeness (QED) is 0.752. The molecule has 0 saturated heterocycles. The van der Waals surface area contributed by atoms with Crippen LogP contribution >= 0.6 is 0 Å². The van der Waals surface area contributed by atoms with Gasteiger partial charge >= 0.3 is 0 Å². The van der Waals surface area contributed by atoms with Gasteiger partial charge in [0.15, 0.2) is 0 Å². The molecule has 78 valence electrons. The van der Waals surface area contributed by atoms with Crippen molar-refractivity contribution in [1.29, 1.82) is 0 Å². The Labute approximate surface area is 85.2 Å². The molecule has 14 heavy (non-hydrogen) atoms. The van der Waals surface area contributed by atoms with E-state index < -0.39 is 6.10 Å². The zero-order valence-electron chi connectivity index (χ0n) is 8.56. The van der Waals surface area contributed by atoms with Gasteiger partial charge in [-0.05, 0) is 24.3 Å². The fourth-order valence-corrected chi connectivity index (χ4v) is 1.59. The van der Waals surface area contributed by atoms with E-state index in [2.05, 4.69) is 19.1 Å². The highest BCUT2D eigenvalue weighted by molar-refractivity contribution is 5.18. The van der Waals surface area contributed by atoms with Crippen LogP contribution in [0, 0.1) is 0 Å². The van der Waals surface area contributed by atoms with Crippen molar-refractivity contribution in [3.05, 3.63) is 35.9 Å². The molecule has 0 spiro atoms. The van der Waals surface area contributed by atoms with Crippen molar-refractivity contribution in [3.8, 4) is 0 Å². The number of aliphatic hydroxyl groups excluding tert-OH is 2. The van der Waals surface area contributed by atoms with Crippen molar-refractivity contribution >= 4 is 0 Å². The molecule has 2 nitrogen and oxygen atoms in total. The monoisotopic (exact) mass is 194 g/mol. The third-order valence-corrected chi connectivity index (χ3v) is 2.46. The van der Waals surface area contributed by atoms with Crippen molar-refractivity contribution < 1.29 is 10.2 Å². The molecule has 2 atom stereocenters. The molecule has 2 N–H and O–H groups in total. The summed E-state index contributed by atoms with van der Waals surface area (Å²) in [6.07, 6.45) is 0.789. The molecule has 0 unspecified atom stereocenters. The summed E-state index contributed by atoms with van der Waals surface area (Å²) < 4.78 is 0. The average Bonchev–Trinajstić information content (AvgIpc) is 2.19. The summed E-state index contributed by atoms with van der Waals surface area (Å²) in [5.41, 5.74) is 1.24. The maximum Gasteiger partial charge on any atom is 0.0567 e. The molecule has 0 heterocycles. The van der Waals surface area contributed by atoms with Gasteiger partial charge in [0.2, 0.25) is 0 Å². The molecule has 2 heteroatoms. The maximum absolute atomic E-state index is 9.52. The van der Waals surface area contributed by atoms with E-state index in [4.69, 9.17) is 5.11 Å². The SMILES string of the molecule is C[C@H](C[C@H](O)CCO)c1ccccc1. The van der Waals surface area contributed by atoms with Gasteiger partial charge in [0.05, 0.1) is 6.10 Å². The first-order valence-electron chi connectivity index (χ1n) is 5.08. The fourth-order valence-electron chi connectivity index (χ4n) is 1.59. The van der Waals surface area contributed by atoms with Gasteiger partial charge in [-0.15, -0.1) is 0 Å². The Hall–Kier alpha value is -0.860. The second-order valence-electron chi connectivity index (χ2n) is 3.71. The molecule has 1 rings (SSSR count). The van der Waals surface area contributed by atoms with Gasteiger partial charge in [0.25, 0.3) is 0 Å². The highest BCUT2D eigenvalue weighted by atomic mass is 16.3. The summed E-state index contributed by atoms with van der Waals surface area (Å²) in [5.74, 6) is 0.345. The molecule has 0 bridgehead atoms. The van der Waals surface area contributed by atoms with Crippen LogP contribution in [0.2, 0.25) is 0 Å². The predicted octanol–water partition coefficient (Wildman–Crippen LogP) is 1.92. The minimum Gasteiger partial charge on any atom is -0.396 e. The van der Waals surface area contributed by atoms with Gasteiger partial charge in [0, 0.05) is 6.61 Å². The van der Waals surface area contributed by atoms with Gasteiger partial charge < -0.3 is 10.2 Å². The van der Waals surface area contributed by atoms with Crippen LogP contribution in [0.25, 0.3) is 0 Å². The first kappa shape index (κ1) is 11.2. The first-order chi connectivity index (χ1) is 6.74. The average molecular weight is 194 g/mol. The summed E-state index contributed by atoms with van der Waals surface area (Å²) in [4.78, 5) is 0. The van der Waals surface area contributed by atoms with E-state index in [1.165, 1.54) is 5.56 Å². The standard InChI is InChI=1S/C12H18O2/c1-10(9-12(14)7-8-13)11-5-3-2-4-6-11/h2-6,10,12-14H,7-9H2,1H3/t10-,12-/m1/s1. The van der Waals surface area contributed by atoms with E-state index in [0.717, 1.165) is 0 Å². The van der Waals surface area contributed by atoms with Crippen molar-refractivity contribution in [2.24, 2.45) is 0 Å². The summed E-state index contributed by atoms with van der Waals surface area (Å²) >= 11 is 0. The Kier molecular flexibility index (Phi) is 4.63. The third-order valence-electron chi connectivity index (χ3n) is 2.46. The van der Waals surface area contributed by atoms with E-state index in [0.29, 0.717) is 18.8 Å². The molecule has 1 aromatic rings. The van der Waals surface area contributed by atoms with Gasteiger partial charge in [-0.1, -0.05) is 37.3 Å². The molecule has 0 aliphatic heterocycles. The Morgan fingerprint density at radius 2 is 1.86 bits per heavy atom. The molecule has 0 aliphatic rings. The molecular formula is C12H18O2. The van der Waals surface area contributed by atoms with Gasteiger partial charge in [-0.25, -0.2) is 0 Å². The Morgan fingerprint density at radius 1 is 1.21 bits per heavy atom. The van der Waals surface area contributed by atoms with E-state index in [-0.39, 0.29) is 6.61 Å². The fraction of sp³-hybridized carbons (Fsp3) is 0.500. The van der Waals surface area contributed by atoms with E-state index >= 15 is 0 Å². The largest absolute Gasteiger partial charge is 0.396 e. The highest BCUT2D eigenvalue weighted by Gasteiger charge is 2.10. The zero-order valence-corrected chi connectivity index (χ0v) is 8.56. The van der Waals surface area contributed by atoms with Crippen molar-refractivity contribution in [3.63, 3.8) is 0 Å². The van der Waals surface area contributed by atoms with Crippen LogP contribution in [-0.4, -0.2) is 22.9 Å². The minimum absolute atomic E-state index is 0.0582. The van der Waals surface area contributed by atoms with Crippen molar-refractivity contribution in [2.75, 3.05) is 6.61 Å². The predicted molar refractivity (Wildman–Crippen MR) is 57.2 cm³/mol. The van der Waals surface area contributed by atoms with E-state index in [1.54, 1.807) is 0 Å². The summed E-state index contributed by atoms with van der Waals surface area (Å²) in [6, 6.07) is 10.1. The smallest absolute Gasteiger partial charge is 0.0567 e. The number of hydrogen-bond acceptors (Lipinski definition) is 2. The number of hydrogen-bond donors (Lipinski definition) is 2. The number of aliphatic hydroxyl groups is 2. The molecular weight excluding hydrogens is 176 g/mol. The molecule has 0 saturated carbocycles. The summed E-state index contributed by atoms with van der Waals surface area (Å²) in [6.45, 7) is 2.15. The summed E-state index contributed by atoms with van der Waals surface area (Å²) in [5, 5.41) is 18.2. The molecule has 0 aromatic heterocycles. The Balaban J connectivity index is 2.46. The van der Waals surface area contributed by atoms with Gasteiger partial charge in [0.1, 0.15) is 0 Å². The lowest BCUT2D eigenvalue weighted by atomic mass is 9.94. The van der Waals surface area contributed by atoms with Crippen molar-refractivity contribution in [2.45, 2.75) is 31.8 Å². The van der Waals surface area contributed by atoms with Crippen molar-refractivity contribution in [1.82, 2.24) is 0 Å². The number of benzene rings is 1. The molecule has 1 aromatic carbocycles. The van der Waals surface area contributed by atoms with Crippen LogP contribution < -0.4 is 0 Å². The van der Waals surface area contributed by atoms with Crippen LogP contribution in [0.3, 0.4) is 0 Å². The highest BCUT2D eigenvalue weighted by Crippen LogP contribution is 2.20. The zero-order chi connectivity index (χ0) is 10.4. The number of rotatable bonds is 5. The third kappa shape index (κ3) is 3.48. The van der Waals surface area contributed by atoms with Gasteiger partial charge in [-0.3, -0.25) is 0 Å². The van der Waals surface area contributed by atoms with Crippen LogP contribution in [0.5, 0.6) is 0 Å². The topological polar surface area (TPSA) is 40.5 Å². The lowest BCUT2D eigenvalue weighted by Gasteiger charge is -2.15. The second kappa shape index (κ2) is 5.78. The lowest BCUT2D eigenvalue weighted by molar-refractivity contribution is 0.119. The molecule has 0 aliphatic carbocycles. The first-order valence-corrected chi connectivity index (χ1v) is 5.08. The lowest BCUT2D eigenvalue weighted by Crippen LogP contribution is -2.12. The van der Waals surface area contributed by atoms with Crippen LogP contribution in [-0.2, 0) is 0 Å². The van der Waals surface area contributed by atoms with E-state index in [9.17, 15) is 5.11 Å². The summed E-state index contributed by atoms with van der Waals surface area (Å²) in [7, 11) is 0. The van der Waals surface area contributed by atoms with E-state index in [1.807, 2.05) is 18.2 Å². The van der Waals surface area contributed by atoms with Crippen LogP contribution in [0.4, 0.5) is 0 Å². The molecule has 0 fully saturated rings. The maximum atomic E-state index is 9.52.